The molecule has 2 aliphatic heterocycles. The predicted molar refractivity (Wildman–Crippen MR) is 104 cm³/mol. The first kappa shape index (κ1) is 19.5. The summed E-state index contributed by atoms with van der Waals surface area (Å²) >= 11 is 0. The van der Waals surface area contributed by atoms with Crippen molar-refractivity contribution < 1.29 is 22.4 Å². The van der Waals surface area contributed by atoms with Crippen LogP contribution in [0.15, 0.2) is 31.0 Å². The zero-order valence-corrected chi connectivity index (χ0v) is 16.8. The molecule has 168 valence electrons. The van der Waals surface area contributed by atoms with Crippen LogP contribution in [0.2, 0.25) is 0 Å². The summed E-state index contributed by atoms with van der Waals surface area (Å²) in [7, 11) is 0. The van der Waals surface area contributed by atoms with Gasteiger partial charge in [-0.2, -0.15) is 19.0 Å². The van der Waals surface area contributed by atoms with Crippen LogP contribution in [-0.4, -0.2) is 66.3 Å². The van der Waals surface area contributed by atoms with Gasteiger partial charge in [-0.05, 0) is 18.9 Å². The van der Waals surface area contributed by atoms with Crippen molar-refractivity contribution in [2.75, 3.05) is 18.0 Å². The van der Waals surface area contributed by atoms with Gasteiger partial charge in [0.15, 0.2) is 5.82 Å². The van der Waals surface area contributed by atoms with E-state index in [9.17, 15) is 22.4 Å². The van der Waals surface area contributed by atoms with E-state index in [-0.39, 0.29) is 18.5 Å². The SMILES string of the molecule is O=C(C1CC1(F)F)N1C2CCC1CN(c1ncnn3cc(-c4cnn(C(F)F)c4)cc13)C2. The number of aromatic nitrogens is 5. The minimum Gasteiger partial charge on any atom is -0.351 e. The Bertz CT molecular complexity index is 1190. The van der Waals surface area contributed by atoms with Crippen LogP contribution in [-0.2, 0) is 4.79 Å². The predicted octanol–water partition coefficient (Wildman–Crippen LogP) is 2.82. The Labute approximate surface area is 179 Å². The molecular weight excluding hydrogens is 430 g/mol. The minimum absolute atomic E-state index is 0.133. The molecule has 32 heavy (non-hydrogen) atoms. The fourth-order valence-corrected chi connectivity index (χ4v) is 5.01. The summed E-state index contributed by atoms with van der Waals surface area (Å²) in [6.07, 6.45) is 6.96. The van der Waals surface area contributed by atoms with E-state index in [1.807, 2.05) is 6.07 Å². The Hall–Kier alpha value is -3.18. The number of anilines is 1. The Morgan fingerprint density at radius 3 is 2.44 bits per heavy atom. The van der Waals surface area contributed by atoms with Gasteiger partial charge in [-0.3, -0.25) is 4.79 Å². The molecule has 1 aliphatic carbocycles. The van der Waals surface area contributed by atoms with Crippen LogP contribution in [0.3, 0.4) is 0 Å². The van der Waals surface area contributed by atoms with Gasteiger partial charge in [-0.1, -0.05) is 0 Å². The molecule has 2 saturated heterocycles. The Balaban J connectivity index is 1.28. The quantitative estimate of drug-likeness (QED) is 0.573. The van der Waals surface area contributed by atoms with Crippen LogP contribution in [0.25, 0.3) is 16.6 Å². The average Bonchev–Trinajstić information content (AvgIpc) is 3.18. The molecule has 3 aliphatic rings. The van der Waals surface area contributed by atoms with Crippen LogP contribution in [0.1, 0.15) is 25.8 Å². The van der Waals surface area contributed by atoms with E-state index in [4.69, 9.17) is 0 Å². The van der Waals surface area contributed by atoms with E-state index in [1.54, 1.807) is 15.6 Å². The molecule has 0 N–H and O–H groups in total. The number of hydrogen-bond donors (Lipinski definition) is 0. The molecule has 12 heteroatoms. The van der Waals surface area contributed by atoms with E-state index in [0.29, 0.717) is 40.2 Å². The molecule has 3 aromatic rings. The molecule has 0 aromatic carbocycles. The van der Waals surface area contributed by atoms with Crippen molar-refractivity contribution in [3.63, 3.8) is 0 Å². The summed E-state index contributed by atoms with van der Waals surface area (Å²) in [6, 6.07) is 1.55. The summed E-state index contributed by atoms with van der Waals surface area (Å²) in [6.45, 7) is -1.73. The molecule has 3 atom stereocenters. The normalized spacial score (nSPS) is 26.3. The Kier molecular flexibility index (Phi) is 4.06. The number of nitrogens with zero attached hydrogens (tertiary/aromatic N) is 7. The van der Waals surface area contributed by atoms with Crippen molar-refractivity contribution in [2.24, 2.45) is 5.92 Å². The van der Waals surface area contributed by atoms with Crippen molar-refractivity contribution >= 4 is 17.2 Å². The van der Waals surface area contributed by atoms with E-state index >= 15 is 0 Å². The summed E-state index contributed by atoms with van der Waals surface area (Å²) in [5.74, 6) is -3.82. The first-order valence-electron chi connectivity index (χ1n) is 10.4. The highest BCUT2D eigenvalue weighted by molar-refractivity contribution is 5.84. The van der Waals surface area contributed by atoms with Crippen LogP contribution >= 0.6 is 0 Å². The van der Waals surface area contributed by atoms with E-state index in [0.717, 1.165) is 12.8 Å². The number of amides is 1. The molecule has 1 amide bonds. The second-order valence-electron chi connectivity index (χ2n) is 8.68. The highest BCUT2D eigenvalue weighted by Crippen LogP contribution is 2.51. The number of piperazine rings is 1. The summed E-state index contributed by atoms with van der Waals surface area (Å²) < 4.78 is 54.9. The van der Waals surface area contributed by atoms with Crippen molar-refractivity contribution in [2.45, 2.75) is 43.8 Å². The number of hydrogen-bond acceptors (Lipinski definition) is 5. The standard InChI is InChI=1S/C20H19F4N7O/c21-19(22)30-7-12(5-26-30)11-3-16-17(25-10-27-29(16)6-11)28-8-13-1-2-14(9-28)31(13)18(32)15-4-20(15,23)24/h3,5-7,10,13-15,19H,1-2,4,8-9H2. The molecule has 0 spiro atoms. The summed E-state index contributed by atoms with van der Waals surface area (Å²) in [5.41, 5.74) is 1.90. The lowest BCUT2D eigenvalue weighted by Gasteiger charge is -2.41. The number of rotatable bonds is 4. The zero-order valence-electron chi connectivity index (χ0n) is 16.8. The molecule has 0 radical (unpaired) electrons. The summed E-state index contributed by atoms with van der Waals surface area (Å²) in [4.78, 5) is 20.8. The minimum atomic E-state index is -2.87. The first-order valence-corrected chi connectivity index (χ1v) is 10.4. The molecule has 3 unspecified atom stereocenters. The Morgan fingerprint density at radius 2 is 1.81 bits per heavy atom. The van der Waals surface area contributed by atoms with Gasteiger partial charge in [0, 0.05) is 55.1 Å². The molecule has 3 fully saturated rings. The largest absolute Gasteiger partial charge is 0.351 e. The number of carbonyl (C=O) groups excluding carboxylic acids is 1. The second-order valence-corrected chi connectivity index (χ2v) is 8.68. The molecule has 8 nitrogen and oxygen atoms in total. The molecular formula is C20H19F4N7O. The summed E-state index contributed by atoms with van der Waals surface area (Å²) in [5, 5.41) is 7.90. The van der Waals surface area contributed by atoms with E-state index in [2.05, 4.69) is 20.1 Å². The van der Waals surface area contributed by atoms with Gasteiger partial charge in [-0.25, -0.2) is 23.0 Å². The second kappa shape index (κ2) is 6.66. The number of carbonyl (C=O) groups is 1. The first-order chi connectivity index (χ1) is 15.3. The lowest BCUT2D eigenvalue weighted by Crippen LogP contribution is -2.56. The maximum Gasteiger partial charge on any atom is 0.333 e. The fraction of sp³-hybridized carbons (Fsp3) is 0.500. The third-order valence-electron chi connectivity index (χ3n) is 6.68. The van der Waals surface area contributed by atoms with Gasteiger partial charge in [0.25, 0.3) is 5.92 Å². The smallest absolute Gasteiger partial charge is 0.333 e. The number of halogens is 4. The molecule has 1 saturated carbocycles. The third kappa shape index (κ3) is 2.95. The lowest BCUT2D eigenvalue weighted by molar-refractivity contribution is -0.138. The zero-order chi connectivity index (χ0) is 22.2. The Morgan fingerprint density at radius 1 is 1.09 bits per heavy atom. The van der Waals surface area contributed by atoms with E-state index < -0.39 is 24.3 Å². The van der Waals surface area contributed by atoms with Crippen LogP contribution in [0.4, 0.5) is 23.4 Å². The molecule has 6 rings (SSSR count). The highest BCUT2D eigenvalue weighted by Gasteiger charge is 2.64. The van der Waals surface area contributed by atoms with Crippen LogP contribution in [0, 0.1) is 5.92 Å². The lowest BCUT2D eigenvalue weighted by atomic mass is 10.1. The fourth-order valence-electron chi connectivity index (χ4n) is 5.01. The molecule has 2 bridgehead atoms. The van der Waals surface area contributed by atoms with Gasteiger partial charge < -0.3 is 9.80 Å². The van der Waals surface area contributed by atoms with Crippen molar-refractivity contribution in [3.05, 3.63) is 31.0 Å². The monoisotopic (exact) mass is 449 g/mol. The third-order valence-corrected chi connectivity index (χ3v) is 6.68. The van der Waals surface area contributed by atoms with Gasteiger partial charge in [-0.15, -0.1) is 0 Å². The molecule has 3 aromatic heterocycles. The topological polar surface area (TPSA) is 71.6 Å². The van der Waals surface area contributed by atoms with Gasteiger partial charge in [0.1, 0.15) is 17.8 Å². The highest BCUT2D eigenvalue weighted by atomic mass is 19.3. The van der Waals surface area contributed by atoms with Gasteiger partial charge >= 0.3 is 6.55 Å². The van der Waals surface area contributed by atoms with Crippen molar-refractivity contribution in [1.82, 2.24) is 29.3 Å². The molecule has 5 heterocycles. The maximum atomic E-state index is 13.5. The van der Waals surface area contributed by atoms with Crippen molar-refractivity contribution in [1.29, 1.82) is 0 Å². The number of fused-ring (bicyclic) bond motifs is 3. The van der Waals surface area contributed by atoms with Crippen molar-refractivity contribution in [3.8, 4) is 11.1 Å². The average molecular weight is 449 g/mol. The van der Waals surface area contributed by atoms with E-state index in [1.165, 1.54) is 18.7 Å². The van der Waals surface area contributed by atoms with Gasteiger partial charge in [0.2, 0.25) is 5.91 Å². The van der Waals surface area contributed by atoms with Crippen LogP contribution in [0.5, 0.6) is 0 Å². The number of alkyl halides is 4. The van der Waals surface area contributed by atoms with Gasteiger partial charge in [0.05, 0.1) is 6.20 Å². The van der Waals surface area contributed by atoms with Crippen LogP contribution < -0.4 is 4.90 Å². The maximum absolute atomic E-state index is 13.5.